The van der Waals surface area contributed by atoms with Crippen LogP contribution >= 0.6 is 0 Å². The van der Waals surface area contributed by atoms with E-state index in [2.05, 4.69) is 5.32 Å². The van der Waals surface area contributed by atoms with E-state index in [1.54, 1.807) is 4.90 Å². The Morgan fingerprint density at radius 1 is 1.27 bits per heavy atom. The van der Waals surface area contributed by atoms with Gasteiger partial charge in [-0.1, -0.05) is 6.92 Å². The second-order valence-electron chi connectivity index (χ2n) is 7.99. The number of cyclic esters (lactones) is 1. The Hall–Kier alpha value is -2.07. The summed E-state index contributed by atoms with van der Waals surface area (Å²) in [6, 6.07) is 2.02. The molecule has 1 aromatic carbocycles. The zero-order chi connectivity index (χ0) is 21.4. The molecule has 0 spiro atoms. The average Bonchev–Trinajstić information content (AvgIpc) is 3.17. The highest BCUT2D eigenvalue weighted by Gasteiger charge is 2.45. The normalized spacial score (nSPS) is 28.1. The molecule has 2 amide bonds. The van der Waals surface area contributed by atoms with Gasteiger partial charge < -0.3 is 19.5 Å². The molecule has 3 heterocycles. The first-order valence-electron chi connectivity index (χ1n) is 10.2. The van der Waals surface area contributed by atoms with Gasteiger partial charge in [0, 0.05) is 18.6 Å². The monoisotopic (exact) mass is 441 g/mol. The van der Waals surface area contributed by atoms with E-state index >= 15 is 0 Å². The number of carbonyl (C=O) groups is 2. The van der Waals surface area contributed by atoms with Crippen molar-refractivity contribution in [1.82, 2.24) is 5.32 Å². The van der Waals surface area contributed by atoms with Crippen molar-refractivity contribution in [2.45, 2.75) is 50.8 Å². The zero-order valence-electron chi connectivity index (χ0n) is 16.7. The second kappa shape index (κ2) is 8.58. The highest BCUT2D eigenvalue weighted by molar-refractivity contribution is 7.91. The molecule has 0 saturated carbocycles. The third-order valence-corrected chi connectivity index (χ3v) is 7.34. The van der Waals surface area contributed by atoms with Crippen molar-refractivity contribution in [3.63, 3.8) is 0 Å². The number of fused-ring (bicyclic) bond motifs is 2. The van der Waals surface area contributed by atoms with E-state index in [9.17, 15) is 22.9 Å². The molecule has 30 heavy (non-hydrogen) atoms. The van der Waals surface area contributed by atoms with Crippen molar-refractivity contribution >= 4 is 34.6 Å². The van der Waals surface area contributed by atoms with Crippen molar-refractivity contribution < 1.29 is 27.7 Å². The van der Waals surface area contributed by atoms with Gasteiger partial charge in [0.05, 0.1) is 30.9 Å². The summed E-state index contributed by atoms with van der Waals surface area (Å²) in [6.45, 7) is 2.13. The molecule has 1 N–H and O–H groups in total. The van der Waals surface area contributed by atoms with Crippen molar-refractivity contribution in [2.24, 2.45) is 0 Å². The number of amides is 2. The molecule has 10 heteroatoms. The van der Waals surface area contributed by atoms with Crippen LogP contribution in [-0.4, -0.2) is 59.3 Å². The van der Waals surface area contributed by atoms with E-state index in [1.807, 2.05) is 6.92 Å². The van der Waals surface area contributed by atoms with Gasteiger partial charge in [0.15, 0.2) is 11.6 Å². The Bertz CT molecular complexity index is 805. The van der Waals surface area contributed by atoms with Crippen LogP contribution in [0.4, 0.5) is 25.0 Å². The third-order valence-electron chi connectivity index (χ3n) is 5.83. The number of hydrogen-bond donors (Lipinski definition) is 1. The highest BCUT2D eigenvalue weighted by atomic mass is 32.2. The number of benzene rings is 1. The first-order chi connectivity index (χ1) is 14.4. The smallest absolute Gasteiger partial charge is 0.414 e. The van der Waals surface area contributed by atoms with Gasteiger partial charge in [-0.25, -0.2) is 13.6 Å². The molecule has 3 saturated heterocycles. The predicted molar refractivity (Wildman–Crippen MR) is 109 cm³/mol. The second-order valence-corrected chi connectivity index (χ2v) is 9.54. The maximum absolute atomic E-state index is 15.0. The highest BCUT2D eigenvalue weighted by Crippen LogP contribution is 2.40. The first kappa shape index (κ1) is 21.2. The Labute approximate surface area is 176 Å². The number of anilines is 2. The number of halogens is 2. The topological polar surface area (TPSA) is 84.9 Å². The van der Waals surface area contributed by atoms with Crippen molar-refractivity contribution in [3.8, 4) is 0 Å². The predicted octanol–water partition coefficient (Wildman–Crippen LogP) is 2.31. The summed E-state index contributed by atoms with van der Waals surface area (Å²) in [5, 5.41) is 2.69. The molecule has 164 valence electrons. The molecular formula is C20H25F2N3O4S. The van der Waals surface area contributed by atoms with Crippen LogP contribution in [0.25, 0.3) is 0 Å². The summed E-state index contributed by atoms with van der Waals surface area (Å²) in [7, 11) is 0. The van der Waals surface area contributed by atoms with Crippen LogP contribution in [0.5, 0.6) is 0 Å². The fourth-order valence-corrected chi connectivity index (χ4v) is 6.14. The number of ether oxygens (including phenoxy) is 1. The van der Waals surface area contributed by atoms with E-state index in [-0.39, 0.29) is 42.5 Å². The molecule has 0 aliphatic carbocycles. The first-order valence-corrected chi connectivity index (χ1v) is 11.7. The van der Waals surface area contributed by atoms with E-state index in [1.165, 1.54) is 4.90 Å². The minimum Gasteiger partial charge on any atom is -0.616 e. The van der Waals surface area contributed by atoms with E-state index in [4.69, 9.17) is 4.74 Å². The van der Waals surface area contributed by atoms with Gasteiger partial charge in [-0.15, -0.1) is 0 Å². The average molecular weight is 442 g/mol. The molecule has 7 nitrogen and oxygen atoms in total. The molecule has 0 aromatic heterocycles. The summed E-state index contributed by atoms with van der Waals surface area (Å²) < 4.78 is 47.1. The van der Waals surface area contributed by atoms with Crippen LogP contribution < -0.4 is 15.1 Å². The number of hydrogen-bond acceptors (Lipinski definition) is 5. The van der Waals surface area contributed by atoms with Crippen molar-refractivity contribution in [2.75, 3.05) is 34.4 Å². The number of carbonyl (C=O) groups excluding carboxylic acids is 2. The van der Waals surface area contributed by atoms with Gasteiger partial charge in [-0.3, -0.25) is 9.69 Å². The summed E-state index contributed by atoms with van der Waals surface area (Å²) in [6.07, 6.45) is 1.33. The molecule has 3 atom stereocenters. The van der Waals surface area contributed by atoms with Crippen LogP contribution in [0.3, 0.4) is 0 Å². The lowest BCUT2D eigenvalue weighted by molar-refractivity contribution is -0.121. The Kier molecular flexibility index (Phi) is 6.06. The quantitative estimate of drug-likeness (QED) is 0.685. The molecule has 4 rings (SSSR count). The van der Waals surface area contributed by atoms with Gasteiger partial charge in [0.25, 0.3) is 0 Å². The van der Waals surface area contributed by atoms with E-state index in [0.29, 0.717) is 24.3 Å². The largest absolute Gasteiger partial charge is 0.616 e. The zero-order valence-corrected chi connectivity index (χ0v) is 17.6. The summed E-state index contributed by atoms with van der Waals surface area (Å²) in [5.41, 5.74) is -0.0343. The number of rotatable bonds is 6. The molecule has 3 fully saturated rings. The molecule has 0 radical (unpaired) electrons. The van der Waals surface area contributed by atoms with Gasteiger partial charge in [0.2, 0.25) is 5.91 Å². The van der Waals surface area contributed by atoms with Crippen LogP contribution in [0, 0.1) is 11.6 Å². The Morgan fingerprint density at radius 2 is 1.90 bits per heavy atom. The third kappa shape index (κ3) is 4.07. The lowest BCUT2D eigenvalue weighted by Crippen LogP contribution is -2.49. The standard InChI is InChI=1S/C20H25F2N3O4S/c1-2-3-18(26)23-8-15-9-24(20(27)29-15)14-6-16(21)19(17(22)7-14)25-12-4-5-13(25)11-30(28)10-12/h6-7,12-13,15H,2-5,8-11H2,1H3,(H,23,26). The lowest BCUT2D eigenvalue weighted by Gasteiger charge is -2.37. The van der Waals surface area contributed by atoms with Crippen LogP contribution in [-0.2, 0) is 20.7 Å². The fourth-order valence-electron chi connectivity index (χ4n) is 4.49. The number of nitrogens with zero attached hydrogens (tertiary/aromatic N) is 2. The minimum atomic E-state index is -0.954. The van der Waals surface area contributed by atoms with Crippen molar-refractivity contribution in [1.29, 1.82) is 0 Å². The summed E-state index contributed by atoms with van der Waals surface area (Å²) >= 11 is -0.954. The minimum absolute atomic E-state index is 0.0778. The molecule has 1 aromatic rings. The molecule has 2 bridgehead atoms. The molecule has 3 aliphatic rings. The van der Waals surface area contributed by atoms with Crippen LogP contribution in [0.2, 0.25) is 0 Å². The molecular weight excluding hydrogens is 416 g/mol. The van der Waals surface area contributed by atoms with Gasteiger partial charge >= 0.3 is 6.09 Å². The maximum atomic E-state index is 15.0. The maximum Gasteiger partial charge on any atom is 0.414 e. The summed E-state index contributed by atoms with van der Waals surface area (Å²) in [4.78, 5) is 26.7. The lowest BCUT2D eigenvalue weighted by atomic mass is 10.1. The van der Waals surface area contributed by atoms with Gasteiger partial charge in [-0.05, 0) is 30.4 Å². The van der Waals surface area contributed by atoms with E-state index < -0.39 is 35.0 Å². The van der Waals surface area contributed by atoms with Crippen molar-refractivity contribution in [3.05, 3.63) is 23.8 Å². The van der Waals surface area contributed by atoms with Gasteiger partial charge in [-0.2, -0.15) is 0 Å². The van der Waals surface area contributed by atoms with Gasteiger partial charge in [0.1, 0.15) is 23.3 Å². The van der Waals surface area contributed by atoms with Crippen LogP contribution in [0.1, 0.15) is 32.6 Å². The van der Waals surface area contributed by atoms with E-state index in [0.717, 1.165) is 25.0 Å². The molecule has 3 aliphatic heterocycles. The Morgan fingerprint density at radius 3 is 2.50 bits per heavy atom. The Balaban J connectivity index is 1.48. The SMILES string of the molecule is CCCC(=O)NCC1CN(c2cc(F)c(N3C4CCC3C[S+]([O-])C4)c(F)c2)C(=O)O1. The van der Waals surface area contributed by atoms with Crippen LogP contribution in [0.15, 0.2) is 12.1 Å². The summed E-state index contributed by atoms with van der Waals surface area (Å²) in [5.74, 6) is -0.795. The fraction of sp³-hybridized carbons (Fsp3) is 0.600. The molecule has 3 unspecified atom stereocenters. The number of nitrogens with one attached hydrogen (secondary N) is 1.